The van der Waals surface area contributed by atoms with Crippen LogP contribution < -0.4 is 10.1 Å². The van der Waals surface area contributed by atoms with Crippen LogP contribution in [-0.2, 0) is 21.2 Å². The summed E-state index contributed by atoms with van der Waals surface area (Å²) < 4.78 is 34.1. The number of nitrogens with one attached hydrogen (secondary N) is 1. The number of rotatable bonds is 10. The Morgan fingerprint density at radius 3 is 2.24 bits per heavy atom. The summed E-state index contributed by atoms with van der Waals surface area (Å²) in [5.74, 6) is 0.196. The van der Waals surface area contributed by atoms with Gasteiger partial charge in [0.2, 0.25) is 15.9 Å². The van der Waals surface area contributed by atoms with Crippen LogP contribution in [0.25, 0.3) is 0 Å². The van der Waals surface area contributed by atoms with Crippen molar-refractivity contribution in [2.45, 2.75) is 24.3 Å². The molecule has 8 heteroatoms. The zero-order valence-corrected chi connectivity index (χ0v) is 21.0. The van der Waals surface area contributed by atoms with Gasteiger partial charge in [-0.2, -0.15) is 4.31 Å². The minimum Gasteiger partial charge on any atom is -0.497 e. The van der Waals surface area contributed by atoms with Crippen LogP contribution in [0.1, 0.15) is 24.1 Å². The van der Waals surface area contributed by atoms with Crippen molar-refractivity contribution >= 4 is 31.9 Å². The summed E-state index contributed by atoms with van der Waals surface area (Å²) in [6.07, 6.45) is 0.492. The van der Waals surface area contributed by atoms with Crippen molar-refractivity contribution in [2.75, 3.05) is 20.2 Å². The number of carbonyl (C=O) groups excluding carboxylic acids is 1. The summed E-state index contributed by atoms with van der Waals surface area (Å²) in [4.78, 5) is 13.0. The Balaban J connectivity index is 1.77. The maximum Gasteiger partial charge on any atom is 0.243 e. The normalized spacial score (nSPS) is 12.4. The molecule has 0 saturated heterocycles. The summed E-state index contributed by atoms with van der Waals surface area (Å²) in [6.45, 7) is 1.77. The van der Waals surface area contributed by atoms with Crippen LogP contribution in [0.4, 0.5) is 0 Å². The smallest absolute Gasteiger partial charge is 0.243 e. The highest BCUT2D eigenvalue weighted by atomic mass is 79.9. The molecule has 174 valence electrons. The molecule has 1 unspecified atom stereocenters. The molecule has 1 N–H and O–H groups in total. The number of hydrogen-bond donors (Lipinski definition) is 1. The minimum atomic E-state index is -3.89. The summed E-state index contributed by atoms with van der Waals surface area (Å²) in [5, 5.41) is 2.91. The largest absolute Gasteiger partial charge is 0.497 e. The highest BCUT2D eigenvalue weighted by Crippen LogP contribution is 2.21. The van der Waals surface area contributed by atoms with Gasteiger partial charge in [0.15, 0.2) is 0 Å². The van der Waals surface area contributed by atoms with Crippen LogP contribution in [0.3, 0.4) is 0 Å². The van der Waals surface area contributed by atoms with Crippen LogP contribution in [0.15, 0.2) is 88.2 Å². The van der Waals surface area contributed by atoms with Gasteiger partial charge >= 0.3 is 0 Å². The van der Waals surface area contributed by atoms with Crippen molar-refractivity contribution < 1.29 is 17.9 Å². The maximum absolute atomic E-state index is 13.4. The fourth-order valence-corrected chi connectivity index (χ4v) is 5.02. The molecule has 3 aromatic carbocycles. The molecule has 1 atom stereocenters. The standard InChI is InChI=1S/C25H27BrN2O4S/c1-19(21-8-10-22(26)11-9-21)27-25(29)18-28(17-16-20-6-4-3-5-7-20)33(30,31)24-14-12-23(32-2)13-15-24/h3-15,19H,16-18H2,1-2H3,(H,27,29). The van der Waals surface area contributed by atoms with Gasteiger partial charge < -0.3 is 10.1 Å². The van der Waals surface area contributed by atoms with E-state index in [4.69, 9.17) is 4.74 Å². The lowest BCUT2D eigenvalue weighted by Gasteiger charge is -2.23. The van der Waals surface area contributed by atoms with Crippen molar-refractivity contribution in [3.05, 3.63) is 94.5 Å². The molecule has 3 rings (SSSR count). The first-order chi connectivity index (χ1) is 15.8. The van der Waals surface area contributed by atoms with E-state index in [0.717, 1.165) is 15.6 Å². The first-order valence-electron chi connectivity index (χ1n) is 10.5. The van der Waals surface area contributed by atoms with Gasteiger partial charge in [-0.1, -0.05) is 58.4 Å². The molecule has 0 heterocycles. The molecule has 0 radical (unpaired) electrons. The van der Waals surface area contributed by atoms with E-state index in [1.165, 1.54) is 23.5 Å². The molecule has 0 saturated carbocycles. The second-order valence-corrected chi connectivity index (χ2v) is 10.4. The van der Waals surface area contributed by atoms with Gasteiger partial charge in [-0.3, -0.25) is 4.79 Å². The van der Waals surface area contributed by atoms with Gasteiger partial charge in [0.05, 0.1) is 24.6 Å². The average Bonchev–Trinajstić information content (AvgIpc) is 2.82. The fourth-order valence-electron chi connectivity index (χ4n) is 3.36. The number of nitrogens with zero attached hydrogens (tertiary/aromatic N) is 1. The van der Waals surface area contributed by atoms with Crippen molar-refractivity contribution in [3.8, 4) is 5.75 Å². The lowest BCUT2D eigenvalue weighted by Crippen LogP contribution is -2.42. The molecule has 0 aliphatic rings. The SMILES string of the molecule is COc1ccc(S(=O)(=O)N(CCc2ccccc2)CC(=O)NC(C)c2ccc(Br)cc2)cc1. The van der Waals surface area contributed by atoms with Crippen LogP contribution in [0.2, 0.25) is 0 Å². The Morgan fingerprint density at radius 1 is 1.00 bits per heavy atom. The molecule has 0 aliphatic carbocycles. The lowest BCUT2D eigenvalue weighted by molar-refractivity contribution is -0.121. The third-order valence-corrected chi connectivity index (χ3v) is 7.65. The Bertz CT molecular complexity index is 1150. The molecular weight excluding hydrogens is 504 g/mol. The molecule has 0 bridgehead atoms. The second kappa shape index (κ2) is 11.4. The van der Waals surface area contributed by atoms with E-state index in [2.05, 4.69) is 21.2 Å². The van der Waals surface area contributed by atoms with E-state index in [9.17, 15) is 13.2 Å². The molecule has 0 aliphatic heterocycles. The van der Waals surface area contributed by atoms with Crippen LogP contribution in [0.5, 0.6) is 5.75 Å². The lowest BCUT2D eigenvalue weighted by atomic mass is 10.1. The number of hydrogen-bond acceptors (Lipinski definition) is 4. The monoisotopic (exact) mass is 530 g/mol. The van der Waals surface area contributed by atoms with Gasteiger partial charge in [-0.05, 0) is 60.9 Å². The van der Waals surface area contributed by atoms with Gasteiger partial charge in [-0.25, -0.2) is 8.42 Å². The van der Waals surface area contributed by atoms with Crippen LogP contribution in [-0.4, -0.2) is 38.8 Å². The Labute approximate surface area is 203 Å². The van der Waals surface area contributed by atoms with E-state index >= 15 is 0 Å². The van der Waals surface area contributed by atoms with Crippen molar-refractivity contribution in [1.82, 2.24) is 9.62 Å². The molecular formula is C25H27BrN2O4S. The van der Waals surface area contributed by atoms with Gasteiger partial charge in [-0.15, -0.1) is 0 Å². The number of amides is 1. The van der Waals surface area contributed by atoms with E-state index in [-0.39, 0.29) is 29.9 Å². The van der Waals surface area contributed by atoms with E-state index < -0.39 is 10.0 Å². The highest BCUT2D eigenvalue weighted by molar-refractivity contribution is 9.10. The molecule has 6 nitrogen and oxygen atoms in total. The molecule has 0 aromatic heterocycles. The van der Waals surface area contributed by atoms with Crippen molar-refractivity contribution in [2.24, 2.45) is 0 Å². The summed E-state index contributed by atoms with van der Waals surface area (Å²) in [5.41, 5.74) is 1.93. The number of carbonyl (C=O) groups is 1. The first kappa shape index (κ1) is 25.0. The molecule has 33 heavy (non-hydrogen) atoms. The van der Waals surface area contributed by atoms with Crippen molar-refractivity contribution in [3.63, 3.8) is 0 Å². The van der Waals surface area contributed by atoms with Crippen LogP contribution in [0, 0.1) is 0 Å². The third kappa shape index (κ3) is 6.90. The zero-order chi connectivity index (χ0) is 23.8. The highest BCUT2D eigenvalue weighted by Gasteiger charge is 2.27. The summed E-state index contributed by atoms with van der Waals surface area (Å²) >= 11 is 3.40. The Morgan fingerprint density at radius 2 is 1.64 bits per heavy atom. The predicted molar refractivity (Wildman–Crippen MR) is 133 cm³/mol. The Kier molecular flexibility index (Phi) is 8.66. The topological polar surface area (TPSA) is 75.7 Å². The third-order valence-electron chi connectivity index (χ3n) is 5.26. The quantitative estimate of drug-likeness (QED) is 0.416. The molecule has 0 fully saturated rings. The van der Waals surface area contributed by atoms with E-state index in [0.29, 0.717) is 12.2 Å². The second-order valence-electron chi connectivity index (χ2n) is 7.59. The molecule has 0 spiro atoms. The van der Waals surface area contributed by atoms with E-state index in [1.54, 1.807) is 12.1 Å². The molecule has 1 amide bonds. The van der Waals surface area contributed by atoms with Crippen molar-refractivity contribution in [1.29, 1.82) is 0 Å². The number of sulfonamides is 1. The Hall–Kier alpha value is -2.68. The number of ether oxygens (including phenoxy) is 1. The molecule has 3 aromatic rings. The predicted octanol–water partition coefficient (Wildman–Crippen LogP) is 4.57. The summed E-state index contributed by atoms with van der Waals surface area (Å²) in [7, 11) is -2.37. The number of methoxy groups -OCH3 is 1. The van der Waals surface area contributed by atoms with E-state index in [1.807, 2.05) is 61.5 Å². The van der Waals surface area contributed by atoms with Gasteiger partial charge in [0.1, 0.15) is 5.75 Å². The van der Waals surface area contributed by atoms with Gasteiger partial charge in [0, 0.05) is 11.0 Å². The zero-order valence-electron chi connectivity index (χ0n) is 18.6. The first-order valence-corrected chi connectivity index (χ1v) is 12.8. The number of benzene rings is 3. The van der Waals surface area contributed by atoms with Gasteiger partial charge in [0.25, 0.3) is 0 Å². The van der Waals surface area contributed by atoms with Crippen LogP contribution >= 0.6 is 15.9 Å². The average molecular weight is 531 g/mol. The summed E-state index contributed by atoms with van der Waals surface area (Å²) in [6, 6.07) is 23.1. The number of halogens is 1. The minimum absolute atomic E-state index is 0.116. The fraction of sp³-hybridized carbons (Fsp3) is 0.240. The maximum atomic E-state index is 13.4.